The summed E-state index contributed by atoms with van der Waals surface area (Å²) in [5, 5.41) is 13.2. The predicted octanol–water partition coefficient (Wildman–Crippen LogP) is 2.25. The minimum Gasteiger partial charge on any atom is -0.508 e. The molecule has 0 spiro atoms. The van der Waals surface area contributed by atoms with Gasteiger partial charge in [-0.3, -0.25) is 0 Å². The van der Waals surface area contributed by atoms with E-state index >= 15 is 0 Å². The van der Waals surface area contributed by atoms with Crippen LogP contribution in [0.25, 0.3) is 0 Å². The Morgan fingerprint density at radius 3 is 3.00 bits per heavy atom. The predicted molar refractivity (Wildman–Crippen MR) is 71.5 cm³/mol. The van der Waals surface area contributed by atoms with Crippen LogP contribution >= 0.6 is 0 Å². The summed E-state index contributed by atoms with van der Waals surface area (Å²) in [7, 11) is 0. The van der Waals surface area contributed by atoms with Crippen LogP contribution in [0.5, 0.6) is 5.75 Å². The Bertz CT molecular complexity index is 494. The summed E-state index contributed by atoms with van der Waals surface area (Å²) in [6.07, 6.45) is 5.52. The second kappa shape index (κ2) is 5.69. The number of nitrogens with zero attached hydrogens (tertiary/aromatic N) is 2. The molecule has 4 heteroatoms. The summed E-state index contributed by atoms with van der Waals surface area (Å²) >= 11 is 0. The molecule has 0 saturated carbocycles. The zero-order valence-corrected chi connectivity index (χ0v) is 10.8. The van der Waals surface area contributed by atoms with Crippen molar-refractivity contribution in [1.29, 1.82) is 0 Å². The van der Waals surface area contributed by atoms with Gasteiger partial charge in [-0.25, -0.2) is 4.98 Å². The first kappa shape index (κ1) is 12.6. The van der Waals surface area contributed by atoms with Crippen LogP contribution < -0.4 is 5.32 Å². The van der Waals surface area contributed by atoms with E-state index in [9.17, 15) is 5.11 Å². The molecule has 96 valence electrons. The van der Waals surface area contributed by atoms with E-state index in [1.165, 1.54) is 0 Å². The van der Waals surface area contributed by atoms with E-state index in [1.807, 2.05) is 29.8 Å². The molecule has 18 heavy (non-hydrogen) atoms. The quantitative estimate of drug-likeness (QED) is 0.849. The number of phenols is 1. The third-order valence-electron chi connectivity index (χ3n) is 3.03. The van der Waals surface area contributed by atoms with Crippen molar-refractivity contribution in [3.8, 4) is 5.75 Å². The molecule has 1 aromatic carbocycles. The monoisotopic (exact) mass is 245 g/mol. The Labute approximate surface area is 107 Å². The molecule has 2 aromatic rings. The van der Waals surface area contributed by atoms with Crippen molar-refractivity contribution < 1.29 is 5.11 Å². The number of nitrogens with one attached hydrogen (secondary N) is 1. The van der Waals surface area contributed by atoms with Crippen LogP contribution in [0, 0.1) is 6.92 Å². The molecule has 1 heterocycles. The van der Waals surface area contributed by atoms with Crippen LogP contribution in [0.2, 0.25) is 0 Å². The van der Waals surface area contributed by atoms with E-state index in [0.717, 1.165) is 24.2 Å². The Hall–Kier alpha value is -1.81. The second-order valence-electron chi connectivity index (χ2n) is 4.54. The number of hydrogen-bond donors (Lipinski definition) is 2. The van der Waals surface area contributed by atoms with E-state index in [-0.39, 0.29) is 6.04 Å². The summed E-state index contributed by atoms with van der Waals surface area (Å²) in [5.74, 6) is 0.350. The maximum atomic E-state index is 9.83. The maximum absolute atomic E-state index is 9.83. The van der Waals surface area contributed by atoms with Gasteiger partial charge in [0.05, 0.1) is 6.33 Å². The Morgan fingerprint density at radius 2 is 2.28 bits per heavy atom. The molecule has 0 aliphatic carbocycles. The van der Waals surface area contributed by atoms with Gasteiger partial charge in [-0.15, -0.1) is 0 Å². The van der Waals surface area contributed by atoms with Crippen molar-refractivity contribution in [2.24, 2.45) is 0 Å². The standard InChI is InChI=1S/C14H19N3O/c1-11-3-4-14(18)13(9-11)12(2)16-6-8-17-7-5-15-10-17/h3-5,7,9-10,12,16,18H,6,8H2,1-2H3. The molecule has 0 fully saturated rings. The van der Waals surface area contributed by atoms with Gasteiger partial charge in [0, 0.05) is 37.1 Å². The average Bonchev–Trinajstić information content (AvgIpc) is 2.85. The zero-order chi connectivity index (χ0) is 13.0. The molecule has 0 aliphatic heterocycles. The van der Waals surface area contributed by atoms with Gasteiger partial charge in [0.1, 0.15) is 5.75 Å². The SMILES string of the molecule is Cc1ccc(O)c(C(C)NCCn2ccnc2)c1. The van der Waals surface area contributed by atoms with Crippen LogP contribution in [-0.4, -0.2) is 21.2 Å². The number of imidazole rings is 1. The van der Waals surface area contributed by atoms with E-state index in [2.05, 4.69) is 17.2 Å². The Morgan fingerprint density at radius 1 is 1.44 bits per heavy atom. The normalized spacial score (nSPS) is 12.6. The lowest BCUT2D eigenvalue weighted by Gasteiger charge is -2.16. The van der Waals surface area contributed by atoms with E-state index in [0.29, 0.717) is 5.75 Å². The molecule has 1 aromatic heterocycles. The fourth-order valence-electron chi connectivity index (χ4n) is 1.96. The van der Waals surface area contributed by atoms with Crippen molar-refractivity contribution in [1.82, 2.24) is 14.9 Å². The molecular formula is C14H19N3O. The zero-order valence-electron chi connectivity index (χ0n) is 10.8. The fraction of sp³-hybridized carbons (Fsp3) is 0.357. The van der Waals surface area contributed by atoms with Crippen molar-refractivity contribution in [2.45, 2.75) is 26.4 Å². The van der Waals surface area contributed by atoms with Gasteiger partial charge in [0.2, 0.25) is 0 Å². The van der Waals surface area contributed by atoms with Crippen molar-refractivity contribution >= 4 is 0 Å². The highest BCUT2D eigenvalue weighted by Crippen LogP contribution is 2.24. The Kier molecular flexibility index (Phi) is 3.99. The fourth-order valence-corrected chi connectivity index (χ4v) is 1.96. The van der Waals surface area contributed by atoms with Crippen LogP contribution in [-0.2, 0) is 6.54 Å². The van der Waals surface area contributed by atoms with Crippen LogP contribution in [0.4, 0.5) is 0 Å². The summed E-state index contributed by atoms with van der Waals surface area (Å²) in [6, 6.07) is 5.81. The summed E-state index contributed by atoms with van der Waals surface area (Å²) in [4.78, 5) is 4.00. The van der Waals surface area contributed by atoms with Gasteiger partial charge in [-0.1, -0.05) is 17.7 Å². The molecule has 2 N–H and O–H groups in total. The first-order chi connectivity index (χ1) is 8.66. The molecule has 0 radical (unpaired) electrons. The number of rotatable bonds is 5. The molecule has 0 bridgehead atoms. The third kappa shape index (κ3) is 3.11. The minimum absolute atomic E-state index is 0.133. The van der Waals surface area contributed by atoms with Gasteiger partial charge in [-0.05, 0) is 19.9 Å². The maximum Gasteiger partial charge on any atom is 0.120 e. The van der Waals surface area contributed by atoms with Gasteiger partial charge >= 0.3 is 0 Å². The van der Waals surface area contributed by atoms with Gasteiger partial charge in [0.25, 0.3) is 0 Å². The average molecular weight is 245 g/mol. The lowest BCUT2D eigenvalue weighted by Crippen LogP contribution is -2.23. The van der Waals surface area contributed by atoms with Crippen molar-refractivity contribution in [2.75, 3.05) is 6.54 Å². The van der Waals surface area contributed by atoms with Gasteiger partial charge in [-0.2, -0.15) is 0 Å². The van der Waals surface area contributed by atoms with E-state index in [4.69, 9.17) is 0 Å². The number of hydrogen-bond acceptors (Lipinski definition) is 3. The molecule has 0 amide bonds. The van der Waals surface area contributed by atoms with Crippen LogP contribution in [0.15, 0.2) is 36.9 Å². The summed E-state index contributed by atoms with van der Waals surface area (Å²) < 4.78 is 2.02. The number of aromatic hydroxyl groups is 1. The van der Waals surface area contributed by atoms with Crippen LogP contribution in [0.1, 0.15) is 24.1 Å². The second-order valence-corrected chi connectivity index (χ2v) is 4.54. The van der Waals surface area contributed by atoms with Crippen molar-refractivity contribution in [3.05, 3.63) is 48.0 Å². The lowest BCUT2D eigenvalue weighted by molar-refractivity contribution is 0.449. The van der Waals surface area contributed by atoms with Gasteiger partial charge < -0.3 is 15.0 Å². The molecule has 2 rings (SSSR count). The molecule has 4 nitrogen and oxygen atoms in total. The summed E-state index contributed by atoms with van der Waals surface area (Å²) in [6.45, 7) is 5.80. The largest absolute Gasteiger partial charge is 0.508 e. The van der Waals surface area contributed by atoms with Crippen molar-refractivity contribution in [3.63, 3.8) is 0 Å². The highest BCUT2D eigenvalue weighted by Gasteiger charge is 2.09. The van der Waals surface area contributed by atoms with Gasteiger partial charge in [0.15, 0.2) is 0 Å². The van der Waals surface area contributed by atoms with Crippen LogP contribution in [0.3, 0.4) is 0 Å². The van der Waals surface area contributed by atoms with E-state index < -0.39 is 0 Å². The first-order valence-electron chi connectivity index (χ1n) is 6.15. The molecule has 0 aliphatic rings. The highest BCUT2D eigenvalue weighted by atomic mass is 16.3. The number of benzene rings is 1. The lowest BCUT2D eigenvalue weighted by atomic mass is 10.0. The number of aryl methyl sites for hydroxylation is 1. The minimum atomic E-state index is 0.133. The number of phenolic OH excluding ortho intramolecular Hbond substituents is 1. The molecule has 1 unspecified atom stereocenters. The highest BCUT2D eigenvalue weighted by molar-refractivity contribution is 5.37. The Balaban J connectivity index is 1.91. The smallest absolute Gasteiger partial charge is 0.120 e. The molecular weight excluding hydrogens is 226 g/mol. The topological polar surface area (TPSA) is 50.1 Å². The first-order valence-corrected chi connectivity index (χ1v) is 6.15. The van der Waals surface area contributed by atoms with E-state index in [1.54, 1.807) is 18.6 Å². The third-order valence-corrected chi connectivity index (χ3v) is 3.03. The molecule has 1 atom stereocenters. The summed E-state index contributed by atoms with van der Waals surface area (Å²) in [5.41, 5.74) is 2.10. The molecule has 0 saturated heterocycles. The number of aromatic nitrogens is 2.